The molecule has 1 atom stereocenters. The fourth-order valence-corrected chi connectivity index (χ4v) is 1.66. The van der Waals surface area contributed by atoms with Crippen LogP contribution in [-0.2, 0) is 13.0 Å². The third-order valence-corrected chi connectivity index (χ3v) is 2.52. The molecule has 0 aliphatic carbocycles. The summed E-state index contributed by atoms with van der Waals surface area (Å²) in [7, 11) is 0. The molecule has 0 bridgehead atoms. The quantitative estimate of drug-likeness (QED) is 0.725. The first-order valence-corrected chi connectivity index (χ1v) is 5.48. The van der Waals surface area contributed by atoms with E-state index >= 15 is 0 Å². The zero-order valence-electron chi connectivity index (χ0n) is 9.48. The second-order valence-electron chi connectivity index (χ2n) is 3.74. The number of nitrogens with zero attached hydrogens (tertiary/aromatic N) is 3. The lowest BCUT2D eigenvalue weighted by Crippen LogP contribution is -2.13. The lowest BCUT2D eigenvalue weighted by atomic mass is 10.1. The van der Waals surface area contributed by atoms with Crippen molar-refractivity contribution in [2.75, 3.05) is 6.61 Å². The van der Waals surface area contributed by atoms with E-state index in [-0.39, 0.29) is 12.6 Å². The highest BCUT2D eigenvalue weighted by Gasteiger charge is 2.14. The smallest absolute Gasteiger partial charge is 0.0994 e. The average molecular weight is 212 g/mol. The van der Waals surface area contributed by atoms with Crippen molar-refractivity contribution in [2.45, 2.75) is 45.7 Å². The van der Waals surface area contributed by atoms with Gasteiger partial charge in [-0.05, 0) is 19.8 Å². The molecule has 1 unspecified atom stereocenters. The molecule has 5 heteroatoms. The molecule has 0 saturated heterocycles. The fourth-order valence-electron chi connectivity index (χ4n) is 1.66. The molecule has 5 nitrogen and oxygen atoms in total. The van der Waals surface area contributed by atoms with Gasteiger partial charge < -0.3 is 10.8 Å². The average Bonchev–Trinajstić information content (AvgIpc) is 2.62. The highest BCUT2D eigenvalue weighted by molar-refractivity contribution is 5.10. The number of hydrogen-bond donors (Lipinski definition) is 2. The van der Waals surface area contributed by atoms with E-state index in [1.54, 1.807) is 0 Å². The van der Waals surface area contributed by atoms with Gasteiger partial charge in [0.2, 0.25) is 0 Å². The van der Waals surface area contributed by atoms with Crippen LogP contribution in [0.25, 0.3) is 0 Å². The molecular formula is C10H20N4O. The minimum absolute atomic E-state index is 0.171. The summed E-state index contributed by atoms with van der Waals surface area (Å²) in [5.41, 5.74) is 7.59. The highest BCUT2D eigenvalue weighted by atomic mass is 16.3. The Morgan fingerprint density at radius 1 is 1.53 bits per heavy atom. The monoisotopic (exact) mass is 212 g/mol. The molecule has 1 heterocycles. The molecule has 0 amide bonds. The van der Waals surface area contributed by atoms with Gasteiger partial charge in [0.05, 0.1) is 17.4 Å². The van der Waals surface area contributed by atoms with Crippen molar-refractivity contribution in [3.05, 3.63) is 11.4 Å². The van der Waals surface area contributed by atoms with Crippen molar-refractivity contribution in [2.24, 2.45) is 5.73 Å². The van der Waals surface area contributed by atoms with Crippen LogP contribution in [0.5, 0.6) is 0 Å². The maximum absolute atomic E-state index is 8.90. The number of aromatic nitrogens is 3. The predicted molar refractivity (Wildman–Crippen MR) is 58.3 cm³/mol. The second kappa shape index (κ2) is 5.82. The summed E-state index contributed by atoms with van der Waals surface area (Å²) in [6, 6.07) is 0.185. The van der Waals surface area contributed by atoms with Gasteiger partial charge in [0, 0.05) is 13.2 Å². The molecule has 1 aromatic heterocycles. The largest absolute Gasteiger partial charge is 0.396 e. The molecule has 1 rings (SSSR count). The van der Waals surface area contributed by atoms with Gasteiger partial charge in [-0.2, -0.15) is 0 Å². The molecule has 0 saturated carbocycles. The molecule has 0 radical (unpaired) electrons. The first-order valence-electron chi connectivity index (χ1n) is 5.48. The van der Waals surface area contributed by atoms with E-state index in [4.69, 9.17) is 10.8 Å². The van der Waals surface area contributed by atoms with Gasteiger partial charge in [-0.25, -0.2) is 4.68 Å². The first kappa shape index (κ1) is 12.1. The standard InChI is InChI=1S/C10H20N4O/c1-3-4-10-9(7-11)12-13-14(10)8(2)5-6-15/h8,15H,3-7,11H2,1-2H3. The van der Waals surface area contributed by atoms with Gasteiger partial charge in [-0.1, -0.05) is 18.6 Å². The Labute approximate surface area is 90.3 Å². The van der Waals surface area contributed by atoms with Crippen molar-refractivity contribution < 1.29 is 5.11 Å². The van der Waals surface area contributed by atoms with E-state index in [9.17, 15) is 0 Å². The van der Waals surface area contributed by atoms with Crippen molar-refractivity contribution in [1.29, 1.82) is 0 Å². The zero-order chi connectivity index (χ0) is 11.3. The number of aliphatic hydroxyl groups is 1. The van der Waals surface area contributed by atoms with Crippen LogP contribution < -0.4 is 5.73 Å². The van der Waals surface area contributed by atoms with E-state index in [2.05, 4.69) is 17.2 Å². The van der Waals surface area contributed by atoms with Crippen LogP contribution in [0.4, 0.5) is 0 Å². The highest BCUT2D eigenvalue weighted by Crippen LogP contribution is 2.16. The van der Waals surface area contributed by atoms with Crippen LogP contribution in [0.15, 0.2) is 0 Å². The summed E-state index contributed by atoms with van der Waals surface area (Å²) in [6.45, 7) is 4.75. The molecule has 0 aliphatic heterocycles. The topological polar surface area (TPSA) is 77.0 Å². The lowest BCUT2D eigenvalue weighted by Gasteiger charge is -2.13. The Morgan fingerprint density at radius 2 is 2.27 bits per heavy atom. The molecule has 86 valence electrons. The Balaban J connectivity index is 2.90. The number of hydrogen-bond acceptors (Lipinski definition) is 4. The van der Waals surface area contributed by atoms with Gasteiger partial charge in [-0.15, -0.1) is 5.10 Å². The Kier molecular flexibility index (Phi) is 4.71. The Morgan fingerprint density at radius 3 is 2.80 bits per heavy atom. The summed E-state index contributed by atoms with van der Waals surface area (Å²) in [4.78, 5) is 0. The Hall–Kier alpha value is -0.940. The number of rotatable bonds is 6. The SMILES string of the molecule is CCCc1c(CN)nnn1C(C)CCO. The minimum atomic E-state index is 0.171. The molecule has 0 aromatic carbocycles. The fraction of sp³-hybridized carbons (Fsp3) is 0.800. The molecular weight excluding hydrogens is 192 g/mol. The number of aliphatic hydroxyl groups excluding tert-OH is 1. The second-order valence-corrected chi connectivity index (χ2v) is 3.74. The third-order valence-electron chi connectivity index (χ3n) is 2.52. The maximum atomic E-state index is 8.90. The van der Waals surface area contributed by atoms with Gasteiger partial charge >= 0.3 is 0 Å². The molecule has 1 aromatic rings. The maximum Gasteiger partial charge on any atom is 0.0994 e. The van der Waals surface area contributed by atoms with Crippen LogP contribution in [0, 0.1) is 0 Å². The van der Waals surface area contributed by atoms with Gasteiger partial charge in [0.1, 0.15) is 0 Å². The van der Waals surface area contributed by atoms with E-state index in [0.29, 0.717) is 13.0 Å². The van der Waals surface area contributed by atoms with E-state index in [0.717, 1.165) is 24.2 Å². The molecule has 0 fully saturated rings. The van der Waals surface area contributed by atoms with Crippen molar-refractivity contribution in [3.8, 4) is 0 Å². The van der Waals surface area contributed by atoms with Crippen LogP contribution in [0.1, 0.15) is 44.1 Å². The van der Waals surface area contributed by atoms with Crippen LogP contribution in [0.3, 0.4) is 0 Å². The van der Waals surface area contributed by atoms with Gasteiger partial charge in [-0.3, -0.25) is 0 Å². The summed E-state index contributed by atoms with van der Waals surface area (Å²) in [5.74, 6) is 0. The Bertz CT molecular complexity index is 298. The summed E-state index contributed by atoms with van der Waals surface area (Å²) >= 11 is 0. The summed E-state index contributed by atoms with van der Waals surface area (Å²) in [6.07, 6.45) is 2.69. The zero-order valence-corrected chi connectivity index (χ0v) is 9.48. The summed E-state index contributed by atoms with van der Waals surface area (Å²) in [5, 5.41) is 17.1. The van der Waals surface area contributed by atoms with E-state index in [1.165, 1.54) is 0 Å². The van der Waals surface area contributed by atoms with E-state index < -0.39 is 0 Å². The van der Waals surface area contributed by atoms with Crippen molar-refractivity contribution in [1.82, 2.24) is 15.0 Å². The minimum Gasteiger partial charge on any atom is -0.396 e. The van der Waals surface area contributed by atoms with Gasteiger partial charge in [0.25, 0.3) is 0 Å². The first-order chi connectivity index (χ1) is 7.24. The molecule has 0 spiro atoms. The normalized spacial score (nSPS) is 13.1. The van der Waals surface area contributed by atoms with Crippen LogP contribution >= 0.6 is 0 Å². The van der Waals surface area contributed by atoms with Crippen molar-refractivity contribution >= 4 is 0 Å². The molecule has 15 heavy (non-hydrogen) atoms. The molecule has 3 N–H and O–H groups in total. The van der Waals surface area contributed by atoms with Crippen LogP contribution in [0.2, 0.25) is 0 Å². The number of nitrogens with two attached hydrogens (primary N) is 1. The van der Waals surface area contributed by atoms with Gasteiger partial charge in [0.15, 0.2) is 0 Å². The van der Waals surface area contributed by atoms with Crippen LogP contribution in [-0.4, -0.2) is 26.7 Å². The van der Waals surface area contributed by atoms with E-state index in [1.807, 2.05) is 11.6 Å². The third kappa shape index (κ3) is 2.76. The summed E-state index contributed by atoms with van der Waals surface area (Å²) < 4.78 is 1.89. The molecule has 0 aliphatic rings. The lowest BCUT2D eigenvalue weighted by molar-refractivity contribution is 0.254. The van der Waals surface area contributed by atoms with Crippen molar-refractivity contribution in [3.63, 3.8) is 0 Å². The predicted octanol–water partition coefficient (Wildman–Crippen LogP) is 0.633.